The highest BCUT2D eigenvalue weighted by atomic mass is 16.6. The molecule has 0 bridgehead atoms. The molecule has 0 spiro atoms. The normalized spacial score (nSPS) is 14.7. The second kappa shape index (κ2) is 23.6. The van der Waals surface area contributed by atoms with Gasteiger partial charge in [-0.05, 0) is 32.1 Å². The van der Waals surface area contributed by atoms with Crippen LogP contribution in [0.2, 0.25) is 0 Å². The number of rotatable bonds is 14. The molecule has 7 heteroatoms. The van der Waals surface area contributed by atoms with Gasteiger partial charge in [-0.2, -0.15) is 0 Å². The van der Waals surface area contributed by atoms with Crippen LogP contribution in [0.3, 0.4) is 0 Å². The molecule has 1 heterocycles. The maximum Gasteiger partial charge on any atom is 0.305 e. The second-order valence-electron chi connectivity index (χ2n) is 7.48. The van der Waals surface area contributed by atoms with Crippen LogP contribution in [0.15, 0.2) is 0 Å². The molecule has 1 rings (SSSR count). The number of ether oxygens (including phenoxy) is 2. The highest BCUT2D eigenvalue weighted by Crippen LogP contribution is 2.12. The van der Waals surface area contributed by atoms with E-state index >= 15 is 0 Å². The Bertz CT molecular complexity index is 398. The van der Waals surface area contributed by atoms with Crippen LogP contribution in [0.4, 0.5) is 0 Å². The molecule has 1 fully saturated rings. The minimum atomic E-state index is -0.682. The minimum Gasteiger partial charge on any atom is -0.481 e. The third-order valence-electron chi connectivity index (χ3n) is 4.43. The van der Waals surface area contributed by atoms with E-state index in [1.807, 2.05) is 0 Å². The summed E-state index contributed by atoms with van der Waals surface area (Å²) in [7, 11) is 0. The van der Waals surface area contributed by atoms with E-state index < -0.39 is 11.9 Å². The zero-order chi connectivity index (χ0) is 23.0. The highest BCUT2D eigenvalue weighted by Gasteiger charge is 2.17. The van der Waals surface area contributed by atoms with Gasteiger partial charge in [-0.3, -0.25) is 14.4 Å². The quantitative estimate of drug-likeness (QED) is 0.272. The lowest BCUT2D eigenvalue weighted by atomic mass is 10.2. The molecule has 0 aromatic carbocycles. The third kappa shape index (κ3) is 26.4. The van der Waals surface area contributed by atoms with Gasteiger partial charge in [0, 0.05) is 25.9 Å². The van der Waals surface area contributed by atoms with E-state index in [-0.39, 0.29) is 12.1 Å². The molecule has 0 saturated carbocycles. The van der Waals surface area contributed by atoms with Crippen molar-refractivity contribution in [1.29, 1.82) is 0 Å². The molecule has 1 aliphatic heterocycles. The van der Waals surface area contributed by atoms with E-state index in [1.54, 1.807) is 0 Å². The SMILES string of the molecule is CCCCCC(=O)O.CCCCCC(=O)O.CCCCCC(=O)OCC1CCCO1. The van der Waals surface area contributed by atoms with Crippen molar-refractivity contribution in [3.8, 4) is 0 Å². The first kappa shape index (κ1) is 30.6. The summed E-state index contributed by atoms with van der Waals surface area (Å²) in [6, 6.07) is 0. The summed E-state index contributed by atoms with van der Waals surface area (Å²) in [5, 5.41) is 16.3. The average molecular weight is 433 g/mol. The predicted octanol–water partition coefficient (Wildman–Crippen LogP) is 5.59. The van der Waals surface area contributed by atoms with Gasteiger partial charge >= 0.3 is 17.9 Å². The zero-order valence-corrected chi connectivity index (χ0v) is 19.3. The molecule has 0 radical (unpaired) electrons. The molecule has 0 amide bonds. The van der Waals surface area contributed by atoms with Gasteiger partial charge in [0.2, 0.25) is 0 Å². The van der Waals surface area contributed by atoms with Crippen molar-refractivity contribution in [1.82, 2.24) is 0 Å². The Morgan fingerprint density at radius 1 is 0.800 bits per heavy atom. The number of unbranched alkanes of at least 4 members (excludes halogenated alkanes) is 6. The van der Waals surface area contributed by atoms with Crippen molar-refractivity contribution in [3.05, 3.63) is 0 Å². The molecule has 7 nitrogen and oxygen atoms in total. The van der Waals surface area contributed by atoms with Crippen LogP contribution in [0, 0.1) is 0 Å². The number of carbonyl (C=O) groups is 3. The Labute approximate surface area is 182 Å². The van der Waals surface area contributed by atoms with Crippen molar-refractivity contribution in [3.63, 3.8) is 0 Å². The fourth-order valence-corrected chi connectivity index (χ4v) is 2.61. The van der Waals surface area contributed by atoms with Crippen molar-refractivity contribution >= 4 is 17.9 Å². The first-order valence-electron chi connectivity index (χ1n) is 11.6. The molecular weight excluding hydrogens is 388 g/mol. The van der Waals surface area contributed by atoms with Crippen LogP contribution in [0.5, 0.6) is 0 Å². The van der Waals surface area contributed by atoms with Gasteiger partial charge in [-0.1, -0.05) is 59.3 Å². The number of carboxylic acid groups (broad SMARTS) is 2. The van der Waals surface area contributed by atoms with Gasteiger partial charge in [0.25, 0.3) is 0 Å². The topological polar surface area (TPSA) is 110 Å². The van der Waals surface area contributed by atoms with E-state index in [4.69, 9.17) is 19.7 Å². The lowest BCUT2D eigenvalue weighted by Crippen LogP contribution is -2.17. The number of aliphatic carboxylic acids is 2. The number of hydrogen-bond donors (Lipinski definition) is 2. The summed E-state index contributed by atoms with van der Waals surface area (Å²) in [6.07, 6.45) is 12.6. The fraction of sp³-hybridized carbons (Fsp3) is 0.870. The van der Waals surface area contributed by atoms with Gasteiger partial charge in [-0.25, -0.2) is 0 Å². The van der Waals surface area contributed by atoms with E-state index in [0.29, 0.717) is 25.9 Å². The maximum absolute atomic E-state index is 11.2. The summed E-state index contributed by atoms with van der Waals surface area (Å²) in [5.41, 5.74) is 0. The molecule has 178 valence electrons. The Balaban J connectivity index is 0. The van der Waals surface area contributed by atoms with Crippen LogP contribution >= 0.6 is 0 Å². The van der Waals surface area contributed by atoms with Gasteiger partial charge in [-0.15, -0.1) is 0 Å². The molecular formula is C23H44O7. The summed E-state index contributed by atoms with van der Waals surface area (Å²) >= 11 is 0. The van der Waals surface area contributed by atoms with E-state index in [0.717, 1.165) is 77.2 Å². The number of carbonyl (C=O) groups excluding carboxylic acids is 1. The average Bonchev–Trinajstić information content (AvgIpc) is 3.21. The lowest BCUT2D eigenvalue weighted by Gasteiger charge is -2.09. The van der Waals surface area contributed by atoms with Crippen molar-refractivity contribution in [2.45, 2.75) is 117 Å². The molecule has 1 atom stereocenters. The first-order valence-corrected chi connectivity index (χ1v) is 11.6. The van der Waals surface area contributed by atoms with Gasteiger partial charge in [0.05, 0.1) is 6.10 Å². The highest BCUT2D eigenvalue weighted by molar-refractivity contribution is 5.69. The van der Waals surface area contributed by atoms with E-state index in [2.05, 4.69) is 20.8 Å². The lowest BCUT2D eigenvalue weighted by molar-refractivity contribution is -0.147. The first-order chi connectivity index (χ1) is 14.4. The van der Waals surface area contributed by atoms with E-state index in [1.165, 1.54) is 0 Å². The summed E-state index contributed by atoms with van der Waals surface area (Å²) in [5.74, 6) is -1.44. The van der Waals surface area contributed by atoms with Crippen molar-refractivity contribution in [2.75, 3.05) is 13.2 Å². The number of esters is 1. The Morgan fingerprint density at radius 2 is 1.27 bits per heavy atom. The summed E-state index contributed by atoms with van der Waals surface area (Å²) in [6.45, 7) is 7.50. The number of hydrogen-bond acceptors (Lipinski definition) is 5. The molecule has 1 unspecified atom stereocenters. The van der Waals surface area contributed by atoms with Crippen molar-refractivity contribution in [2.24, 2.45) is 0 Å². The van der Waals surface area contributed by atoms with Crippen LogP contribution in [-0.2, 0) is 23.9 Å². The third-order valence-corrected chi connectivity index (χ3v) is 4.43. The van der Waals surface area contributed by atoms with Gasteiger partial charge in [0.1, 0.15) is 6.61 Å². The molecule has 0 aliphatic carbocycles. The van der Waals surface area contributed by atoms with Crippen molar-refractivity contribution < 1.29 is 34.1 Å². The Hall–Kier alpha value is -1.63. The molecule has 1 aliphatic rings. The fourth-order valence-electron chi connectivity index (χ4n) is 2.61. The Morgan fingerprint density at radius 3 is 1.63 bits per heavy atom. The molecule has 2 N–H and O–H groups in total. The van der Waals surface area contributed by atoms with Crippen LogP contribution in [-0.4, -0.2) is 47.4 Å². The minimum absolute atomic E-state index is 0.0750. The molecule has 1 saturated heterocycles. The molecule has 30 heavy (non-hydrogen) atoms. The van der Waals surface area contributed by atoms with Crippen LogP contribution in [0.1, 0.15) is 111 Å². The monoisotopic (exact) mass is 432 g/mol. The smallest absolute Gasteiger partial charge is 0.305 e. The zero-order valence-electron chi connectivity index (χ0n) is 19.3. The Kier molecular flexibility index (Phi) is 24.1. The second-order valence-corrected chi connectivity index (χ2v) is 7.48. The van der Waals surface area contributed by atoms with Crippen LogP contribution < -0.4 is 0 Å². The maximum atomic E-state index is 11.2. The van der Waals surface area contributed by atoms with Gasteiger partial charge < -0.3 is 19.7 Å². The standard InChI is InChI=1S/C11H20O3.2C6H12O2/c1-2-3-4-7-11(12)14-9-10-6-5-8-13-10;2*1-2-3-4-5-6(7)8/h10H,2-9H2,1H3;2*2-5H2,1H3,(H,7,8). The summed E-state index contributed by atoms with van der Waals surface area (Å²) in [4.78, 5) is 30.9. The summed E-state index contributed by atoms with van der Waals surface area (Å²) < 4.78 is 10.5. The van der Waals surface area contributed by atoms with Crippen LogP contribution in [0.25, 0.3) is 0 Å². The largest absolute Gasteiger partial charge is 0.481 e. The van der Waals surface area contributed by atoms with E-state index in [9.17, 15) is 14.4 Å². The molecule has 0 aromatic heterocycles. The molecule has 0 aromatic rings. The number of carboxylic acids is 2. The van der Waals surface area contributed by atoms with Gasteiger partial charge in [0.15, 0.2) is 0 Å². The predicted molar refractivity (Wildman–Crippen MR) is 118 cm³/mol.